The Balaban J connectivity index is 2.46. The van der Waals surface area contributed by atoms with Gasteiger partial charge in [0, 0.05) is 58.6 Å². The predicted octanol–water partition coefficient (Wildman–Crippen LogP) is 0.978. The molecule has 1 rings (SSSR count). The van der Waals surface area contributed by atoms with Crippen LogP contribution in [-0.4, -0.2) is 65.8 Å². The zero-order valence-corrected chi connectivity index (χ0v) is 13.4. The van der Waals surface area contributed by atoms with Crippen molar-refractivity contribution >= 4 is 16.5 Å². The summed E-state index contributed by atoms with van der Waals surface area (Å²) in [6, 6.07) is 0. The maximum atomic E-state index is 5.14. The van der Waals surface area contributed by atoms with Crippen LogP contribution in [0.25, 0.3) is 0 Å². The molecule has 0 saturated carbocycles. The Bertz CT molecular complexity index is 341. The molecular weight excluding hydrogens is 278 g/mol. The third-order valence-corrected chi connectivity index (χ3v) is 3.78. The molecule has 0 bridgehead atoms. The molecule has 116 valence electrons. The molecule has 1 aromatic rings. The van der Waals surface area contributed by atoms with Crippen molar-refractivity contribution in [2.75, 3.05) is 65.7 Å². The third-order valence-electron chi connectivity index (χ3n) is 2.72. The maximum Gasteiger partial charge on any atom is 0.185 e. The van der Waals surface area contributed by atoms with Crippen molar-refractivity contribution in [3.8, 4) is 0 Å². The minimum atomic E-state index is 0.685. The van der Waals surface area contributed by atoms with Gasteiger partial charge in [0.1, 0.15) is 0 Å². The van der Waals surface area contributed by atoms with Gasteiger partial charge in [0.15, 0.2) is 5.13 Å². The molecule has 0 spiro atoms. The Labute approximate surface area is 125 Å². The van der Waals surface area contributed by atoms with E-state index in [1.54, 1.807) is 32.7 Å². The van der Waals surface area contributed by atoms with Crippen LogP contribution in [0.15, 0.2) is 6.20 Å². The van der Waals surface area contributed by atoms with Crippen molar-refractivity contribution in [2.45, 2.75) is 6.54 Å². The maximum absolute atomic E-state index is 5.14. The van der Waals surface area contributed by atoms with Crippen LogP contribution in [0.3, 0.4) is 0 Å². The van der Waals surface area contributed by atoms with Crippen molar-refractivity contribution in [1.29, 1.82) is 0 Å². The van der Waals surface area contributed by atoms with E-state index in [1.165, 1.54) is 4.88 Å². The lowest BCUT2D eigenvalue weighted by Gasteiger charge is -2.20. The van der Waals surface area contributed by atoms with Crippen LogP contribution < -0.4 is 10.2 Å². The Morgan fingerprint density at radius 1 is 1.10 bits per heavy atom. The van der Waals surface area contributed by atoms with Crippen LogP contribution in [0, 0.1) is 0 Å². The van der Waals surface area contributed by atoms with E-state index in [0.29, 0.717) is 13.2 Å². The normalized spacial score (nSPS) is 10.9. The molecule has 1 N–H and O–H groups in total. The molecule has 1 heterocycles. The Hall–Kier alpha value is -0.730. The van der Waals surface area contributed by atoms with Gasteiger partial charge in [-0.1, -0.05) is 0 Å². The van der Waals surface area contributed by atoms with Crippen molar-refractivity contribution in [3.05, 3.63) is 11.1 Å². The number of nitrogens with one attached hydrogen (secondary N) is 1. The topological polar surface area (TPSA) is 55.9 Å². The zero-order valence-electron chi connectivity index (χ0n) is 12.6. The van der Waals surface area contributed by atoms with E-state index in [1.807, 2.05) is 6.20 Å². The molecule has 0 aliphatic carbocycles. The second kappa shape index (κ2) is 11.0. The Kier molecular flexibility index (Phi) is 9.52. The quantitative estimate of drug-likeness (QED) is 0.581. The molecular formula is C13H25N3O3S. The van der Waals surface area contributed by atoms with Gasteiger partial charge < -0.3 is 24.4 Å². The number of rotatable bonds is 12. The Morgan fingerprint density at radius 3 is 2.35 bits per heavy atom. The summed E-state index contributed by atoms with van der Waals surface area (Å²) in [5, 5.41) is 4.34. The number of anilines is 1. The number of hydrogen-bond acceptors (Lipinski definition) is 7. The highest BCUT2D eigenvalue weighted by molar-refractivity contribution is 7.15. The van der Waals surface area contributed by atoms with Crippen molar-refractivity contribution in [2.24, 2.45) is 0 Å². The summed E-state index contributed by atoms with van der Waals surface area (Å²) in [6.45, 7) is 5.41. The van der Waals surface area contributed by atoms with E-state index in [0.717, 1.165) is 37.9 Å². The zero-order chi connectivity index (χ0) is 14.6. The van der Waals surface area contributed by atoms with Crippen LogP contribution in [0.5, 0.6) is 0 Å². The SMILES string of the molecule is COCCNCc1cnc(N(CCOC)CCOC)s1. The Morgan fingerprint density at radius 2 is 1.75 bits per heavy atom. The van der Waals surface area contributed by atoms with E-state index >= 15 is 0 Å². The van der Waals surface area contributed by atoms with Gasteiger partial charge in [-0.15, -0.1) is 11.3 Å². The number of methoxy groups -OCH3 is 3. The smallest absolute Gasteiger partial charge is 0.185 e. The van der Waals surface area contributed by atoms with Gasteiger partial charge in [0.05, 0.1) is 19.8 Å². The van der Waals surface area contributed by atoms with Gasteiger partial charge >= 0.3 is 0 Å². The standard InChI is InChI=1S/C13H25N3O3S/c1-17-7-4-14-10-12-11-15-13(20-12)16(5-8-18-2)6-9-19-3/h11,14H,4-10H2,1-3H3. The highest BCUT2D eigenvalue weighted by Crippen LogP contribution is 2.22. The van der Waals surface area contributed by atoms with Gasteiger partial charge in [-0.3, -0.25) is 0 Å². The minimum absolute atomic E-state index is 0.685. The third kappa shape index (κ3) is 6.62. The fraction of sp³-hybridized carbons (Fsp3) is 0.769. The van der Waals surface area contributed by atoms with E-state index < -0.39 is 0 Å². The number of aromatic nitrogens is 1. The molecule has 0 fully saturated rings. The van der Waals surface area contributed by atoms with Gasteiger partial charge in [-0.25, -0.2) is 4.98 Å². The first-order valence-corrected chi connectivity index (χ1v) is 7.50. The average molecular weight is 303 g/mol. The molecule has 6 nitrogen and oxygen atoms in total. The van der Waals surface area contributed by atoms with Crippen molar-refractivity contribution < 1.29 is 14.2 Å². The van der Waals surface area contributed by atoms with E-state index in [9.17, 15) is 0 Å². The molecule has 0 amide bonds. The molecule has 0 aliphatic heterocycles. The second-order valence-corrected chi connectivity index (χ2v) is 5.35. The van der Waals surface area contributed by atoms with Crippen LogP contribution in [0.1, 0.15) is 4.88 Å². The average Bonchev–Trinajstić information content (AvgIpc) is 2.92. The van der Waals surface area contributed by atoms with Crippen molar-refractivity contribution in [1.82, 2.24) is 10.3 Å². The molecule has 0 radical (unpaired) electrons. The van der Waals surface area contributed by atoms with Crippen LogP contribution in [0.2, 0.25) is 0 Å². The second-order valence-electron chi connectivity index (χ2n) is 4.25. The van der Waals surface area contributed by atoms with Crippen molar-refractivity contribution in [3.63, 3.8) is 0 Å². The summed E-state index contributed by atoms with van der Waals surface area (Å²) in [4.78, 5) is 7.89. The highest BCUT2D eigenvalue weighted by atomic mass is 32.1. The number of ether oxygens (including phenoxy) is 3. The molecule has 0 aliphatic rings. The molecule has 0 unspecified atom stereocenters. The van der Waals surface area contributed by atoms with Crippen LogP contribution in [-0.2, 0) is 20.8 Å². The lowest BCUT2D eigenvalue weighted by atomic mass is 10.5. The van der Waals surface area contributed by atoms with E-state index in [2.05, 4.69) is 15.2 Å². The summed E-state index contributed by atoms with van der Waals surface area (Å²) < 4.78 is 15.3. The fourth-order valence-electron chi connectivity index (χ4n) is 1.62. The number of hydrogen-bond donors (Lipinski definition) is 1. The molecule has 0 aromatic carbocycles. The molecule has 1 aromatic heterocycles. The minimum Gasteiger partial charge on any atom is -0.383 e. The van der Waals surface area contributed by atoms with Gasteiger partial charge in [-0.2, -0.15) is 0 Å². The lowest BCUT2D eigenvalue weighted by molar-refractivity contribution is 0.190. The molecule has 7 heteroatoms. The number of thiazole rings is 1. The number of nitrogens with zero attached hydrogens (tertiary/aromatic N) is 2. The molecule has 20 heavy (non-hydrogen) atoms. The largest absolute Gasteiger partial charge is 0.383 e. The van der Waals surface area contributed by atoms with E-state index in [-0.39, 0.29) is 0 Å². The summed E-state index contributed by atoms with van der Waals surface area (Å²) in [5.74, 6) is 0. The summed E-state index contributed by atoms with van der Waals surface area (Å²) in [6.07, 6.45) is 1.92. The van der Waals surface area contributed by atoms with Crippen LogP contribution >= 0.6 is 11.3 Å². The lowest BCUT2D eigenvalue weighted by Crippen LogP contribution is -2.30. The fourth-order valence-corrected chi connectivity index (χ4v) is 2.55. The first-order valence-electron chi connectivity index (χ1n) is 6.69. The highest BCUT2D eigenvalue weighted by Gasteiger charge is 2.10. The summed E-state index contributed by atoms with van der Waals surface area (Å²) >= 11 is 1.70. The monoisotopic (exact) mass is 303 g/mol. The van der Waals surface area contributed by atoms with Gasteiger partial charge in [-0.05, 0) is 0 Å². The predicted molar refractivity (Wildman–Crippen MR) is 81.7 cm³/mol. The van der Waals surface area contributed by atoms with E-state index in [4.69, 9.17) is 14.2 Å². The summed E-state index contributed by atoms with van der Waals surface area (Å²) in [5.41, 5.74) is 0. The first-order chi connectivity index (χ1) is 9.81. The summed E-state index contributed by atoms with van der Waals surface area (Å²) in [7, 11) is 5.12. The van der Waals surface area contributed by atoms with Crippen LogP contribution in [0.4, 0.5) is 5.13 Å². The van der Waals surface area contributed by atoms with Gasteiger partial charge in [0.25, 0.3) is 0 Å². The molecule has 0 saturated heterocycles. The molecule has 0 atom stereocenters. The van der Waals surface area contributed by atoms with Gasteiger partial charge in [0.2, 0.25) is 0 Å². The first kappa shape index (κ1) is 17.3.